The van der Waals surface area contributed by atoms with Crippen LogP contribution in [0.2, 0.25) is 0 Å². The number of nitrogens with one attached hydrogen (secondary N) is 1. The van der Waals surface area contributed by atoms with Gasteiger partial charge in [-0.3, -0.25) is 0 Å². The molecule has 1 atom stereocenters. The molecule has 0 aromatic carbocycles. The fourth-order valence-corrected chi connectivity index (χ4v) is 2.22. The summed E-state index contributed by atoms with van der Waals surface area (Å²) in [5, 5.41) is 3.26. The molecule has 0 spiro atoms. The van der Waals surface area contributed by atoms with Gasteiger partial charge in [0.05, 0.1) is 6.61 Å². The number of hydrogen-bond acceptors (Lipinski definition) is 6. The van der Waals surface area contributed by atoms with Crippen LogP contribution in [0.1, 0.15) is 37.4 Å². The van der Waals surface area contributed by atoms with Crippen LogP contribution < -0.4 is 11.1 Å². The maximum Gasteiger partial charge on any atom is 0.227 e. The highest BCUT2D eigenvalue weighted by Crippen LogP contribution is 2.38. The summed E-state index contributed by atoms with van der Waals surface area (Å²) in [6, 6.07) is 0. The lowest BCUT2D eigenvalue weighted by atomic mass is 10.0. The molecule has 1 unspecified atom stereocenters. The van der Waals surface area contributed by atoms with Gasteiger partial charge in [-0.1, -0.05) is 0 Å². The molecule has 18 heavy (non-hydrogen) atoms. The number of aromatic nitrogens is 3. The van der Waals surface area contributed by atoms with E-state index in [-0.39, 0.29) is 0 Å². The van der Waals surface area contributed by atoms with Crippen molar-refractivity contribution in [2.45, 2.75) is 31.6 Å². The van der Waals surface area contributed by atoms with Crippen molar-refractivity contribution in [3.8, 4) is 0 Å². The van der Waals surface area contributed by atoms with Crippen molar-refractivity contribution in [3.63, 3.8) is 0 Å². The van der Waals surface area contributed by atoms with Crippen LogP contribution in [0.3, 0.4) is 0 Å². The van der Waals surface area contributed by atoms with E-state index >= 15 is 0 Å². The Balaban J connectivity index is 1.60. The minimum Gasteiger partial charge on any atom is -0.381 e. The Morgan fingerprint density at radius 3 is 2.83 bits per heavy atom. The summed E-state index contributed by atoms with van der Waals surface area (Å²) in [4.78, 5) is 12.7. The Labute approximate surface area is 106 Å². The van der Waals surface area contributed by atoms with E-state index in [1.54, 1.807) is 0 Å². The van der Waals surface area contributed by atoms with Gasteiger partial charge in [-0.05, 0) is 31.6 Å². The molecule has 0 bridgehead atoms. The molecule has 1 aromatic heterocycles. The van der Waals surface area contributed by atoms with Crippen LogP contribution in [0.25, 0.3) is 0 Å². The van der Waals surface area contributed by atoms with Crippen LogP contribution in [-0.2, 0) is 4.74 Å². The zero-order valence-corrected chi connectivity index (χ0v) is 10.4. The molecular formula is C12H19N5O. The second-order valence-electron chi connectivity index (χ2n) is 5.11. The van der Waals surface area contributed by atoms with Crippen LogP contribution >= 0.6 is 0 Å². The maximum absolute atomic E-state index is 5.71. The number of hydrogen-bond donors (Lipinski definition) is 2. The monoisotopic (exact) mass is 249 g/mol. The average Bonchev–Trinajstić information content (AvgIpc) is 3.21. The van der Waals surface area contributed by atoms with E-state index in [0.29, 0.717) is 23.7 Å². The van der Waals surface area contributed by atoms with Gasteiger partial charge in [-0.15, -0.1) is 0 Å². The van der Waals surface area contributed by atoms with E-state index < -0.39 is 0 Å². The van der Waals surface area contributed by atoms with Crippen LogP contribution in [0.5, 0.6) is 0 Å². The summed E-state index contributed by atoms with van der Waals surface area (Å²) in [6.07, 6.45) is 4.67. The fraction of sp³-hybridized carbons (Fsp3) is 0.750. The molecule has 6 heteroatoms. The first kappa shape index (κ1) is 11.6. The molecular weight excluding hydrogens is 230 g/mol. The minimum atomic E-state index is 0.314. The Hall–Kier alpha value is -1.43. The fourth-order valence-electron chi connectivity index (χ4n) is 2.22. The second-order valence-corrected chi connectivity index (χ2v) is 5.11. The molecule has 6 nitrogen and oxygen atoms in total. The molecule has 3 N–H and O–H groups in total. The Morgan fingerprint density at radius 2 is 2.11 bits per heavy atom. The highest BCUT2D eigenvalue weighted by atomic mass is 16.5. The first-order valence-electron chi connectivity index (χ1n) is 6.64. The molecule has 2 aliphatic rings. The van der Waals surface area contributed by atoms with Gasteiger partial charge in [-0.25, -0.2) is 0 Å². The van der Waals surface area contributed by atoms with Gasteiger partial charge >= 0.3 is 0 Å². The lowest BCUT2D eigenvalue weighted by molar-refractivity contribution is 0.0594. The van der Waals surface area contributed by atoms with Gasteiger partial charge in [0, 0.05) is 19.1 Å². The van der Waals surface area contributed by atoms with Crippen molar-refractivity contribution in [3.05, 3.63) is 5.82 Å². The SMILES string of the molecule is Nc1nc(NCC2CCCOC2)nc(C2CC2)n1. The number of anilines is 2. The van der Waals surface area contributed by atoms with Gasteiger partial charge in [0.2, 0.25) is 11.9 Å². The number of ether oxygens (including phenoxy) is 1. The van der Waals surface area contributed by atoms with Crippen LogP contribution in [0, 0.1) is 5.92 Å². The quantitative estimate of drug-likeness (QED) is 0.833. The van der Waals surface area contributed by atoms with E-state index in [1.807, 2.05) is 0 Å². The summed E-state index contributed by atoms with van der Waals surface area (Å²) in [5.74, 6) is 2.80. The predicted octanol–water partition coefficient (Wildman–Crippen LogP) is 1.17. The average molecular weight is 249 g/mol. The molecule has 2 fully saturated rings. The summed E-state index contributed by atoms with van der Waals surface area (Å²) in [7, 11) is 0. The molecule has 2 heterocycles. The summed E-state index contributed by atoms with van der Waals surface area (Å²) in [6.45, 7) is 2.55. The zero-order valence-electron chi connectivity index (χ0n) is 10.4. The van der Waals surface area contributed by atoms with Crippen molar-refractivity contribution in [2.75, 3.05) is 30.8 Å². The number of nitrogens with two attached hydrogens (primary N) is 1. The van der Waals surface area contributed by atoms with Crippen molar-refractivity contribution in [1.82, 2.24) is 15.0 Å². The van der Waals surface area contributed by atoms with Crippen LogP contribution in [-0.4, -0.2) is 34.7 Å². The second kappa shape index (κ2) is 5.06. The van der Waals surface area contributed by atoms with Crippen LogP contribution in [0.15, 0.2) is 0 Å². The highest BCUT2D eigenvalue weighted by molar-refractivity contribution is 5.32. The van der Waals surface area contributed by atoms with E-state index in [4.69, 9.17) is 10.5 Å². The lowest BCUT2D eigenvalue weighted by Crippen LogP contribution is -2.25. The minimum absolute atomic E-state index is 0.314. The van der Waals surface area contributed by atoms with Crippen molar-refractivity contribution < 1.29 is 4.74 Å². The third-order valence-electron chi connectivity index (χ3n) is 3.42. The standard InChI is InChI=1S/C12H19N5O/c13-11-15-10(9-3-4-9)16-12(17-11)14-6-8-2-1-5-18-7-8/h8-9H,1-7H2,(H3,13,14,15,16,17). The van der Waals surface area contributed by atoms with Gasteiger partial charge in [0.15, 0.2) is 0 Å². The van der Waals surface area contributed by atoms with Crippen molar-refractivity contribution in [1.29, 1.82) is 0 Å². The molecule has 0 amide bonds. The van der Waals surface area contributed by atoms with Gasteiger partial charge in [0.25, 0.3) is 0 Å². The number of nitrogens with zero attached hydrogens (tertiary/aromatic N) is 3. The van der Waals surface area contributed by atoms with E-state index in [2.05, 4.69) is 20.3 Å². The van der Waals surface area contributed by atoms with E-state index in [1.165, 1.54) is 19.3 Å². The first-order chi connectivity index (χ1) is 8.81. The first-order valence-corrected chi connectivity index (χ1v) is 6.64. The summed E-state index contributed by atoms with van der Waals surface area (Å²) in [5.41, 5.74) is 5.71. The number of nitrogen functional groups attached to an aromatic ring is 1. The van der Waals surface area contributed by atoms with Gasteiger partial charge in [0.1, 0.15) is 5.82 Å². The maximum atomic E-state index is 5.71. The molecule has 1 saturated heterocycles. The van der Waals surface area contributed by atoms with Gasteiger partial charge in [-0.2, -0.15) is 15.0 Å². The smallest absolute Gasteiger partial charge is 0.227 e. The van der Waals surface area contributed by atoms with Gasteiger partial charge < -0.3 is 15.8 Å². The summed E-state index contributed by atoms with van der Waals surface area (Å²) < 4.78 is 5.45. The third kappa shape index (κ3) is 2.87. The molecule has 1 aromatic rings. The van der Waals surface area contributed by atoms with Crippen molar-refractivity contribution >= 4 is 11.9 Å². The Kier molecular flexibility index (Phi) is 3.27. The predicted molar refractivity (Wildman–Crippen MR) is 68.2 cm³/mol. The lowest BCUT2D eigenvalue weighted by Gasteiger charge is -2.22. The van der Waals surface area contributed by atoms with E-state index in [0.717, 1.165) is 32.0 Å². The molecule has 1 aliphatic carbocycles. The summed E-state index contributed by atoms with van der Waals surface area (Å²) >= 11 is 0. The molecule has 1 saturated carbocycles. The van der Waals surface area contributed by atoms with Crippen LogP contribution in [0.4, 0.5) is 11.9 Å². The molecule has 98 valence electrons. The Morgan fingerprint density at radius 1 is 1.22 bits per heavy atom. The topological polar surface area (TPSA) is 86.0 Å². The highest BCUT2D eigenvalue weighted by Gasteiger charge is 2.27. The largest absolute Gasteiger partial charge is 0.381 e. The molecule has 0 radical (unpaired) electrons. The van der Waals surface area contributed by atoms with E-state index in [9.17, 15) is 0 Å². The normalized spacial score (nSPS) is 23.9. The zero-order chi connectivity index (χ0) is 12.4. The van der Waals surface area contributed by atoms with Crippen molar-refractivity contribution in [2.24, 2.45) is 5.92 Å². The molecule has 1 aliphatic heterocycles. The number of rotatable bonds is 4. The molecule has 3 rings (SSSR count). The third-order valence-corrected chi connectivity index (χ3v) is 3.42. The Bertz CT molecular complexity index is 415.